The smallest absolute Gasteiger partial charge is 0.244 e. The van der Waals surface area contributed by atoms with Crippen molar-refractivity contribution in [3.05, 3.63) is 48.0 Å². The zero-order valence-electron chi connectivity index (χ0n) is 12.8. The monoisotopic (exact) mass is 330 g/mol. The molecule has 0 aliphatic carbocycles. The minimum Gasteiger partial charge on any atom is -0.273 e. The molecule has 1 aliphatic rings. The van der Waals surface area contributed by atoms with Crippen LogP contribution in [-0.2, 0) is 14.6 Å². The number of rotatable bonds is 3. The fraction of sp³-hybridized carbons (Fsp3) is 0.294. The molecule has 0 bridgehead atoms. The molecule has 1 aliphatic heterocycles. The second-order valence-corrected chi connectivity index (χ2v) is 8.06. The van der Waals surface area contributed by atoms with Crippen molar-refractivity contribution >= 4 is 32.2 Å². The molecule has 1 saturated heterocycles. The number of hydrazone groups is 1. The molecule has 5 nitrogen and oxygen atoms in total. The molecule has 0 unspecified atom stereocenters. The largest absolute Gasteiger partial charge is 0.273 e. The van der Waals surface area contributed by atoms with Gasteiger partial charge >= 0.3 is 0 Å². The van der Waals surface area contributed by atoms with Crippen molar-refractivity contribution in [2.45, 2.75) is 13.3 Å². The van der Waals surface area contributed by atoms with Crippen LogP contribution in [0.15, 0.2) is 47.6 Å². The number of hydrogen-bond acceptors (Lipinski definition) is 4. The van der Waals surface area contributed by atoms with Crippen molar-refractivity contribution < 1.29 is 13.2 Å². The van der Waals surface area contributed by atoms with Gasteiger partial charge in [0.1, 0.15) is 0 Å². The first kappa shape index (κ1) is 15.7. The summed E-state index contributed by atoms with van der Waals surface area (Å²) in [6.07, 6.45) is 0.374. The Bertz CT molecular complexity index is 888. The molecule has 6 heteroatoms. The van der Waals surface area contributed by atoms with Crippen LogP contribution in [0.25, 0.3) is 10.8 Å². The van der Waals surface area contributed by atoms with Gasteiger partial charge < -0.3 is 0 Å². The zero-order chi connectivity index (χ0) is 16.4. The number of sulfone groups is 1. The Morgan fingerprint density at radius 2 is 1.91 bits per heavy atom. The maximum atomic E-state index is 12.0. The predicted octanol–water partition coefficient (Wildman–Crippen LogP) is 2.11. The Balaban J connectivity index is 1.72. The van der Waals surface area contributed by atoms with E-state index in [-0.39, 0.29) is 17.4 Å². The lowest BCUT2D eigenvalue weighted by molar-refractivity contribution is -0.124. The van der Waals surface area contributed by atoms with E-state index in [4.69, 9.17) is 0 Å². The molecule has 1 amide bonds. The number of hydrogen-bond donors (Lipinski definition) is 1. The highest BCUT2D eigenvalue weighted by molar-refractivity contribution is 7.91. The van der Waals surface area contributed by atoms with Gasteiger partial charge in [-0.3, -0.25) is 4.79 Å². The molecule has 2 aromatic carbocycles. The molecule has 0 aromatic heterocycles. The van der Waals surface area contributed by atoms with E-state index >= 15 is 0 Å². The third-order valence-electron chi connectivity index (χ3n) is 4.10. The maximum Gasteiger partial charge on any atom is 0.244 e. The molecular weight excluding hydrogens is 312 g/mol. The van der Waals surface area contributed by atoms with Crippen LogP contribution in [0.1, 0.15) is 18.9 Å². The van der Waals surface area contributed by atoms with Gasteiger partial charge in [0.25, 0.3) is 0 Å². The van der Waals surface area contributed by atoms with Crippen molar-refractivity contribution in [1.29, 1.82) is 0 Å². The van der Waals surface area contributed by atoms with Crippen molar-refractivity contribution in [1.82, 2.24) is 5.43 Å². The summed E-state index contributed by atoms with van der Waals surface area (Å²) < 4.78 is 22.8. The second-order valence-electron chi connectivity index (χ2n) is 5.84. The summed E-state index contributed by atoms with van der Waals surface area (Å²) in [7, 11) is -3.06. The van der Waals surface area contributed by atoms with Gasteiger partial charge in [0, 0.05) is 0 Å². The summed E-state index contributed by atoms with van der Waals surface area (Å²) in [4.78, 5) is 12.0. The molecule has 3 rings (SSSR count). The summed E-state index contributed by atoms with van der Waals surface area (Å²) in [5.74, 6) is -0.818. The van der Waals surface area contributed by atoms with E-state index in [1.807, 2.05) is 49.4 Å². The molecule has 0 radical (unpaired) electrons. The van der Waals surface area contributed by atoms with Crippen LogP contribution >= 0.6 is 0 Å². The predicted molar refractivity (Wildman–Crippen MR) is 91.1 cm³/mol. The highest BCUT2D eigenvalue weighted by Crippen LogP contribution is 2.19. The van der Waals surface area contributed by atoms with Gasteiger partial charge in [-0.25, -0.2) is 13.8 Å². The zero-order valence-corrected chi connectivity index (χ0v) is 13.6. The number of benzene rings is 2. The lowest BCUT2D eigenvalue weighted by atomic mass is 10.0. The number of fused-ring (bicyclic) bond motifs is 1. The fourth-order valence-electron chi connectivity index (χ4n) is 2.71. The minimum atomic E-state index is -3.06. The summed E-state index contributed by atoms with van der Waals surface area (Å²) in [5.41, 5.74) is 4.10. The number of carbonyl (C=O) groups excluding carboxylic acids is 1. The lowest BCUT2D eigenvalue weighted by Gasteiger charge is -2.07. The first-order valence-electron chi connectivity index (χ1n) is 7.48. The van der Waals surface area contributed by atoms with E-state index in [1.54, 1.807) is 0 Å². The van der Waals surface area contributed by atoms with E-state index < -0.39 is 15.8 Å². The summed E-state index contributed by atoms with van der Waals surface area (Å²) in [5, 5.41) is 6.36. The van der Waals surface area contributed by atoms with Crippen LogP contribution in [0, 0.1) is 5.92 Å². The standard InChI is InChI=1S/C17H18N2O3S/c1-12(14-7-6-13-4-2-3-5-15(13)10-14)18-19-17(20)16-8-9-23(21,22)11-16/h2-7,10,16H,8-9,11H2,1H3,(H,19,20)/b18-12-/t16-/m0/s1. The Morgan fingerprint density at radius 1 is 1.17 bits per heavy atom. The third kappa shape index (κ3) is 3.59. The van der Waals surface area contributed by atoms with E-state index in [9.17, 15) is 13.2 Å². The molecule has 1 heterocycles. The average Bonchev–Trinajstić information content (AvgIpc) is 2.92. The van der Waals surface area contributed by atoms with Crippen LogP contribution in [0.5, 0.6) is 0 Å². The number of nitrogens with zero attached hydrogens (tertiary/aromatic N) is 1. The second kappa shape index (κ2) is 6.12. The SMILES string of the molecule is C/C(=N/NC(=O)[C@H]1CCS(=O)(=O)C1)c1ccc2ccccc2c1. The first-order valence-corrected chi connectivity index (χ1v) is 9.30. The molecule has 120 valence electrons. The van der Waals surface area contributed by atoms with Gasteiger partial charge in [-0.05, 0) is 35.7 Å². The highest BCUT2D eigenvalue weighted by Gasteiger charge is 2.32. The molecule has 2 aromatic rings. The molecule has 1 atom stereocenters. The van der Waals surface area contributed by atoms with E-state index in [0.29, 0.717) is 12.1 Å². The third-order valence-corrected chi connectivity index (χ3v) is 5.87. The van der Waals surface area contributed by atoms with Crippen LogP contribution in [0.4, 0.5) is 0 Å². The fourth-order valence-corrected chi connectivity index (χ4v) is 4.45. The lowest BCUT2D eigenvalue weighted by Crippen LogP contribution is -2.28. The van der Waals surface area contributed by atoms with Crippen molar-refractivity contribution in [2.75, 3.05) is 11.5 Å². The number of carbonyl (C=O) groups is 1. The topological polar surface area (TPSA) is 75.6 Å². The van der Waals surface area contributed by atoms with Gasteiger partial charge in [0.05, 0.1) is 23.1 Å². The minimum absolute atomic E-state index is 0.0800. The van der Waals surface area contributed by atoms with Crippen LogP contribution in [0.3, 0.4) is 0 Å². The van der Waals surface area contributed by atoms with Gasteiger partial charge in [-0.1, -0.05) is 36.4 Å². The molecule has 1 fully saturated rings. The van der Waals surface area contributed by atoms with Crippen molar-refractivity contribution in [3.8, 4) is 0 Å². The summed E-state index contributed by atoms with van der Waals surface area (Å²) in [6, 6.07) is 14.0. The normalized spacial score (nSPS) is 20.6. The molecular formula is C17H18N2O3S. The van der Waals surface area contributed by atoms with E-state index in [2.05, 4.69) is 10.5 Å². The Hall–Kier alpha value is -2.21. The first-order chi connectivity index (χ1) is 10.9. The van der Waals surface area contributed by atoms with E-state index in [1.165, 1.54) is 0 Å². The quantitative estimate of drug-likeness (QED) is 0.692. The van der Waals surface area contributed by atoms with Crippen molar-refractivity contribution in [2.24, 2.45) is 11.0 Å². The van der Waals surface area contributed by atoms with Crippen LogP contribution < -0.4 is 5.43 Å². The van der Waals surface area contributed by atoms with Gasteiger partial charge in [-0.2, -0.15) is 5.10 Å². The van der Waals surface area contributed by atoms with Crippen LogP contribution in [-0.4, -0.2) is 31.5 Å². The van der Waals surface area contributed by atoms with Crippen LogP contribution in [0.2, 0.25) is 0 Å². The highest BCUT2D eigenvalue weighted by atomic mass is 32.2. The molecule has 0 spiro atoms. The number of nitrogens with one attached hydrogen (secondary N) is 1. The van der Waals surface area contributed by atoms with Gasteiger partial charge in [-0.15, -0.1) is 0 Å². The average molecular weight is 330 g/mol. The van der Waals surface area contributed by atoms with E-state index in [0.717, 1.165) is 16.3 Å². The molecule has 0 saturated carbocycles. The van der Waals surface area contributed by atoms with Gasteiger partial charge in [0.15, 0.2) is 9.84 Å². The molecule has 23 heavy (non-hydrogen) atoms. The number of amides is 1. The Labute approximate surface area is 135 Å². The van der Waals surface area contributed by atoms with Crippen molar-refractivity contribution in [3.63, 3.8) is 0 Å². The summed E-state index contributed by atoms with van der Waals surface area (Å²) in [6.45, 7) is 1.82. The Morgan fingerprint density at radius 3 is 2.61 bits per heavy atom. The maximum absolute atomic E-state index is 12.0. The Kier molecular flexibility index (Phi) is 4.17. The van der Waals surface area contributed by atoms with Gasteiger partial charge in [0.2, 0.25) is 5.91 Å². The molecule has 1 N–H and O–H groups in total. The summed E-state index contributed by atoms with van der Waals surface area (Å²) >= 11 is 0.